The highest BCUT2D eigenvalue weighted by molar-refractivity contribution is 7.13. The number of hydrogen-bond donors (Lipinski definition) is 1. The molecule has 0 radical (unpaired) electrons. The highest BCUT2D eigenvalue weighted by Gasteiger charge is 2.34. The van der Waals surface area contributed by atoms with Gasteiger partial charge in [0.1, 0.15) is 5.82 Å². The van der Waals surface area contributed by atoms with Crippen molar-refractivity contribution < 1.29 is 22.4 Å². The third kappa shape index (κ3) is 4.48. The van der Waals surface area contributed by atoms with Crippen molar-refractivity contribution in [1.29, 1.82) is 0 Å². The Morgan fingerprint density at radius 1 is 1.07 bits per heavy atom. The number of nitrogens with one attached hydrogen (secondary N) is 1. The predicted octanol–water partition coefficient (Wildman–Crippen LogP) is 5.55. The molecule has 0 saturated carbocycles. The molecule has 2 amide bonds. The number of hydrogen-bond acceptors (Lipinski definition) is 3. The molecule has 0 unspecified atom stereocenters. The van der Waals surface area contributed by atoms with Crippen LogP contribution in [0.1, 0.15) is 22.9 Å². The van der Waals surface area contributed by atoms with E-state index in [1.54, 1.807) is 24.3 Å². The van der Waals surface area contributed by atoms with Crippen LogP contribution in [0.4, 0.5) is 27.5 Å². The van der Waals surface area contributed by atoms with Gasteiger partial charge in [0.15, 0.2) is 10.8 Å². The molecule has 3 aromatic rings. The monoisotopic (exact) mass is 409 g/mol. The van der Waals surface area contributed by atoms with Crippen LogP contribution in [-0.2, 0) is 6.18 Å². The maximum absolute atomic E-state index is 13.3. The number of alkyl halides is 3. The van der Waals surface area contributed by atoms with Crippen LogP contribution in [0.3, 0.4) is 0 Å². The van der Waals surface area contributed by atoms with Crippen molar-refractivity contribution >= 4 is 22.5 Å². The lowest BCUT2D eigenvalue weighted by Crippen LogP contribution is -2.35. The number of anilines is 1. The van der Waals surface area contributed by atoms with Gasteiger partial charge in [0, 0.05) is 12.4 Å². The van der Waals surface area contributed by atoms with Gasteiger partial charge in [-0.1, -0.05) is 42.5 Å². The fourth-order valence-corrected chi connectivity index (χ4v) is 3.39. The lowest BCUT2D eigenvalue weighted by molar-refractivity contribution is -0.140. The summed E-state index contributed by atoms with van der Waals surface area (Å²) >= 11 is 0.688. The largest absolute Gasteiger partial charge is 0.434 e. The maximum atomic E-state index is 13.3. The van der Waals surface area contributed by atoms with Crippen molar-refractivity contribution in [1.82, 2.24) is 9.88 Å². The Kier molecular flexibility index (Phi) is 5.64. The normalized spacial score (nSPS) is 12.5. The van der Waals surface area contributed by atoms with Gasteiger partial charge in [-0.3, -0.25) is 5.32 Å². The second-order valence-corrected chi connectivity index (χ2v) is 6.80. The summed E-state index contributed by atoms with van der Waals surface area (Å²) in [6.45, 7) is 0. The Labute approximate surface area is 162 Å². The number of rotatable bonds is 4. The van der Waals surface area contributed by atoms with Gasteiger partial charge in [-0.2, -0.15) is 13.2 Å². The summed E-state index contributed by atoms with van der Waals surface area (Å²) in [4.78, 5) is 17.4. The molecule has 9 heteroatoms. The number of halogens is 4. The molecule has 1 N–H and O–H groups in total. The van der Waals surface area contributed by atoms with Crippen LogP contribution in [0.5, 0.6) is 0 Å². The first-order chi connectivity index (χ1) is 13.3. The highest BCUT2D eigenvalue weighted by Crippen LogP contribution is 2.32. The topological polar surface area (TPSA) is 45.2 Å². The molecule has 2 aromatic carbocycles. The van der Waals surface area contributed by atoms with Crippen molar-refractivity contribution in [2.75, 3.05) is 12.4 Å². The molecule has 0 fully saturated rings. The Morgan fingerprint density at radius 2 is 1.68 bits per heavy atom. The fraction of sp³-hybridized carbons (Fsp3) is 0.158. The summed E-state index contributed by atoms with van der Waals surface area (Å²) in [5.41, 5.74) is 0.357. The minimum Gasteiger partial charge on any atom is -0.316 e. The van der Waals surface area contributed by atoms with E-state index < -0.39 is 29.8 Å². The first kappa shape index (κ1) is 19.8. The molecule has 3 rings (SSSR count). The summed E-state index contributed by atoms with van der Waals surface area (Å²) < 4.78 is 51.4. The second kappa shape index (κ2) is 7.97. The standard InChI is InChI=1S/C19H15F4N3OS/c1-26(18(27)25-17-24-15(11-28-17)19(21,22)23)16(12-5-3-2-4-6-12)13-7-9-14(20)10-8-13/h2-11,16H,1H3,(H,24,25,27)/t16-/m1/s1. The third-order valence-electron chi connectivity index (χ3n) is 4.02. The van der Waals surface area contributed by atoms with E-state index in [0.29, 0.717) is 16.9 Å². The van der Waals surface area contributed by atoms with E-state index in [-0.39, 0.29) is 5.13 Å². The van der Waals surface area contributed by atoms with E-state index in [9.17, 15) is 22.4 Å². The first-order valence-corrected chi connectivity index (χ1v) is 9.00. The molecular weight excluding hydrogens is 394 g/mol. The van der Waals surface area contributed by atoms with Gasteiger partial charge in [-0.05, 0) is 23.3 Å². The minimum absolute atomic E-state index is 0.157. The van der Waals surface area contributed by atoms with Gasteiger partial charge in [-0.25, -0.2) is 14.2 Å². The lowest BCUT2D eigenvalue weighted by Gasteiger charge is -2.29. The lowest BCUT2D eigenvalue weighted by atomic mass is 9.97. The van der Waals surface area contributed by atoms with Gasteiger partial charge in [0.25, 0.3) is 0 Å². The zero-order valence-corrected chi connectivity index (χ0v) is 15.4. The number of amides is 2. The van der Waals surface area contributed by atoms with Crippen molar-refractivity contribution in [2.24, 2.45) is 0 Å². The molecule has 28 heavy (non-hydrogen) atoms. The average molecular weight is 409 g/mol. The zero-order chi connectivity index (χ0) is 20.3. The second-order valence-electron chi connectivity index (χ2n) is 5.94. The van der Waals surface area contributed by atoms with Crippen molar-refractivity contribution in [3.05, 3.63) is 82.6 Å². The molecule has 1 heterocycles. The van der Waals surface area contributed by atoms with Crippen LogP contribution in [0, 0.1) is 5.82 Å². The molecule has 0 saturated heterocycles. The molecule has 0 aliphatic rings. The van der Waals surface area contributed by atoms with Crippen LogP contribution in [0.25, 0.3) is 0 Å². The molecule has 1 atom stereocenters. The fourth-order valence-electron chi connectivity index (χ4n) is 2.68. The quantitative estimate of drug-likeness (QED) is 0.574. The molecule has 0 aliphatic heterocycles. The average Bonchev–Trinajstić information content (AvgIpc) is 3.13. The number of nitrogens with zero attached hydrogens (tertiary/aromatic N) is 2. The van der Waals surface area contributed by atoms with Crippen LogP contribution < -0.4 is 5.32 Å². The highest BCUT2D eigenvalue weighted by atomic mass is 32.1. The Bertz CT molecular complexity index is 942. The zero-order valence-electron chi connectivity index (χ0n) is 14.6. The van der Waals surface area contributed by atoms with Gasteiger partial charge >= 0.3 is 12.2 Å². The van der Waals surface area contributed by atoms with Crippen LogP contribution >= 0.6 is 11.3 Å². The van der Waals surface area contributed by atoms with E-state index in [1.807, 2.05) is 18.2 Å². The Balaban J connectivity index is 1.86. The predicted molar refractivity (Wildman–Crippen MR) is 98.6 cm³/mol. The van der Waals surface area contributed by atoms with E-state index in [1.165, 1.54) is 24.1 Å². The Hall–Kier alpha value is -2.94. The van der Waals surface area contributed by atoms with Crippen molar-refractivity contribution in [2.45, 2.75) is 12.2 Å². The van der Waals surface area contributed by atoms with Gasteiger partial charge in [0.2, 0.25) is 0 Å². The van der Waals surface area contributed by atoms with Crippen LogP contribution in [0.2, 0.25) is 0 Å². The van der Waals surface area contributed by atoms with E-state index in [4.69, 9.17) is 0 Å². The smallest absolute Gasteiger partial charge is 0.316 e. The number of benzene rings is 2. The first-order valence-electron chi connectivity index (χ1n) is 8.12. The summed E-state index contributed by atoms with van der Waals surface area (Å²) in [5.74, 6) is -0.412. The minimum atomic E-state index is -4.58. The van der Waals surface area contributed by atoms with Gasteiger partial charge < -0.3 is 4.90 Å². The number of urea groups is 1. The van der Waals surface area contributed by atoms with Gasteiger partial charge in [-0.15, -0.1) is 11.3 Å². The molecule has 0 spiro atoms. The molecule has 4 nitrogen and oxygen atoms in total. The van der Waals surface area contributed by atoms with Crippen LogP contribution in [-0.4, -0.2) is 23.0 Å². The SMILES string of the molecule is CN(C(=O)Nc1nc(C(F)(F)F)cs1)[C@H](c1ccccc1)c1ccc(F)cc1. The third-order valence-corrected chi connectivity index (χ3v) is 4.77. The number of carbonyl (C=O) groups is 1. The molecule has 1 aromatic heterocycles. The number of carbonyl (C=O) groups excluding carboxylic acids is 1. The van der Waals surface area contributed by atoms with E-state index in [2.05, 4.69) is 10.3 Å². The molecular formula is C19H15F4N3OS. The number of aromatic nitrogens is 1. The molecule has 146 valence electrons. The van der Waals surface area contributed by atoms with Crippen LogP contribution in [0.15, 0.2) is 60.0 Å². The van der Waals surface area contributed by atoms with Crippen molar-refractivity contribution in [3.8, 4) is 0 Å². The number of thiazole rings is 1. The van der Waals surface area contributed by atoms with E-state index >= 15 is 0 Å². The summed E-state index contributed by atoms with van der Waals surface area (Å²) in [6.07, 6.45) is -4.58. The summed E-state index contributed by atoms with van der Waals surface area (Å²) in [6, 6.07) is 13.5. The Morgan fingerprint density at radius 3 is 2.25 bits per heavy atom. The molecule has 0 bridgehead atoms. The molecule has 0 aliphatic carbocycles. The maximum Gasteiger partial charge on any atom is 0.434 e. The van der Waals surface area contributed by atoms with E-state index in [0.717, 1.165) is 10.9 Å². The van der Waals surface area contributed by atoms with Crippen molar-refractivity contribution in [3.63, 3.8) is 0 Å². The summed E-state index contributed by atoms with van der Waals surface area (Å²) in [7, 11) is 1.51. The summed E-state index contributed by atoms with van der Waals surface area (Å²) in [5, 5.41) is 3.07. The van der Waals surface area contributed by atoms with Gasteiger partial charge in [0.05, 0.1) is 6.04 Å².